The topological polar surface area (TPSA) is 38.9 Å². The molecule has 3 heteroatoms. The molecule has 0 unspecified atom stereocenters. The number of nitrogens with zero attached hydrogens (tertiary/aromatic N) is 2. The molecule has 0 radical (unpaired) electrons. The molecular formula is C38H22N2O. The molecule has 41 heavy (non-hydrogen) atoms. The molecule has 8 aromatic rings. The summed E-state index contributed by atoms with van der Waals surface area (Å²) >= 11 is 0. The Bertz CT molecular complexity index is 2330. The van der Waals surface area contributed by atoms with Gasteiger partial charge in [0, 0.05) is 39.0 Å². The number of aromatic nitrogens is 2. The van der Waals surface area contributed by atoms with E-state index in [0.29, 0.717) is 0 Å². The van der Waals surface area contributed by atoms with Crippen molar-refractivity contribution in [3.8, 4) is 55.8 Å². The monoisotopic (exact) mass is 522 g/mol. The quantitative estimate of drug-likeness (QED) is 0.215. The lowest BCUT2D eigenvalue weighted by atomic mass is 9.79. The van der Waals surface area contributed by atoms with E-state index in [4.69, 9.17) is 9.40 Å². The number of rotatable bonds is 1. The SMILES string of the molecule is c1ccc2c(c1)-c1ccccc1-c1nc3ncccc3cc1-c1c-2cccc1-c1cccc2c1oc1ccccc12. The second-order valence-corrected chi connectivity index (χ2v) is 10.5. The van der Waals surface area contributed by atoms with E-state index in [1.165, 1.54) is 22.3 Å². The number of furan rings is 1. The summed E-state index contributed by atoms with van der Waals surface area (Å²) in [6, 6.07) is 45.0. The van der Waals surface area contributed by atoms with Crippen molar-refractivity contribution < 1.29 is 4.42 Å². The molecule has 0 spiro atoms. The minimum Gasteiger partial charge on any atom is -0.455 e. The van der Waals surface area contributed by atoms with Gasteiger partial charge in [-0.1, -0.05) is 103 Å². The molecule has 1 aliphatic carbocycles. The zero-order chi connectivity index (χ0) is 26.9. The molecule has 3 aromatic heterocycles. The molecule has 0 aliphatic heterocycles. The Labute approximate surface area is 236 Å². The molecule has 0 atom stereocenters. The number of hydrogen-bond donors (Lipinski definition) is 0. The van der Waals surface area contributed by atoms with Gasteiger partial charge in [0.2, 0.25) is 0 Å². The fourth-order valence-corrected chi connectivity index (χ4v) is 6.53. The maximum atomic E-state index is 6.54. The van der Waals surface area contributed by atoms with Crippen LogP contribution in [-0.2, 0) is 0 Å². The van der Waals surface area contributed by atoms with Crippen LogP contribution in [0.4, 0.5) is 0 Å². The van der Waals surface area contributed by atoms with Gasteiger partial charge in [0.25, 0.3) is 0 Å². The van der Waals surface area contributed by atoms with Gasteiger partial charge in [-0.3, -0.25) is 0 Å². The highest BCUT2D eigenvalue weighted by Crippen LogP contribution is 2.51. The number of hydrogen-bond acceptors (Lipinski definition) is 3. The maximum Gasteiger partial charge on any atom is 0.159 e. The molecule has 3 heterocycles. The summed E-state index contributed by atoms with van der Waals surface area (Å²) in [5, 5.41) is 3.26. The lowest BCUT2D eigenvalue weighted by molar-refractivity contribution is 0.670. The van der Waals surface area contributed by atoms with E-state index in [0.717, 1.165) is 66.5 Å². The summed E-state index contributed by atoms with van der Waals surface area (Å²) < 4.78 is 6.54. The third-order valence-electron chi connectivity index (χ3n) is 8.31. The largest absolute Gasteiger partial charge is 0.455 e. The Balaban J connectivity index is 1.48. The molecule has 0 saturated carbocycles. The van der Waals surface area contributed by atoms with Gasteiger partial charge in [-0.25, -0.2) is 9.97 Å². The number of para-hydroxylation sites is 2. The van der Waals surface area contributed by atoms with Crippen molar-refractivity contribution in [2.75, 3.05) is 0 Å². The standard InChI is InChI=1S/C38H22N2O/c1-2-12-25-24(11-1)26-13-3-4-15-30(26)36-33(22-23-10-9-21-39-38(23)40-36)35-28(25)16-7-17-29(35)32-19-8-18-31-27-14-5-6-20-34(27)41-37(31)32/h1-22H. The average Bonchev–Trinajstić information content (AvgIpc) is 3.42. The molecule has 0 fully saturated rings. The van der Waals surface area contributed by atoms with Crippen LogP contribution in [0.1, 0.15) is 0 Å². The Kier molecular flexibility index (Phi) is 4.61. The summed E-state index contributed by atoms with van der Waals surface area (Å²) in [7, 11) is 0. The number of fused-ring (bicyclic) bond motifs is 12. The lowest BCUT2D eigenvalue weighted by Gasteiger charge is -2.24. The van der Waals surface area contributed by atoms with Gasteiger partial charge in [0.05, 0.1) is 5.69 Å². The van der Waals surface area contributed by atoms with Gasteiger partial charge in [0.15, 0.2) is 5.65 Å². The zero-order valence-corrected chi connectivity index (χ0v) is 22.0. The van der Waals surface area contributed by atoms with E-state index in [1.54, 1.807) is 0 Å². The zero-order valence-electron chi connectivity index (χ0n) is 22.0. The Morgan fingerprint density at radius 1 is 0.463 bits per heavy atom. The Morgan fingerprint density at radius 2 is 1.07 bits per heavy atom. The van der Waals surface area contributed by atoms with Gasteiger partial charge in [-0.2, -0.15) is 0 Å². The van der Waals surface area contributed by atoms with Crippen molar-refractivity contribution in [3.63, 3.8) is 0 Å². The smallest absolute Gasteiger partial charge is 0.159 e. The normalized spacial score (nSPS) is 11.9. The van der Waals surface area contributed by atoms with Crippen LogP contribution in [0.15, 0.2) is 138 Å². The van der Waals surface area contributed by atoms with Crippen LogP contribution in [-0.4, -0.2) is 9.97 Å². The van der Waals surface area contributed by atoms with E-state index in [1.807, 2.05) is 24.4 Å². The van der Waals surface area contributed by atoms with Gasteiger partial charge in [-0.05, 0) is 57.6 Å². The second kappa shape index (κ2) is 8.48. The van der Waals surface area contributed by atoms with E-state index in [2.05, 4.69) is 114 Å². The first kappa shape index (κ1) is 22.3. The van der Waals surface area contributed by atoms with Gasteiger partial charge in [-0.15, -0.1) is 0 Å². The Morgan fingerprint density at radius 3 is 1.93 bits per heavy atom. The van der Waals surface area contributed by atoms with Crippen molar-refractivity contribution in [1.29, 1.82) is 0 Å². The molecule has 0 saturated heterocycles. The molecular weight excluding hydrogens is 500 g/mol. The third-order valence-corrected chi connectivity index (χ3v) is 8.31. The summed E-state index contributed by atoms with van der Waals surface area (Å²) in [6.07, 6.45) is 1.81. The first-order valence-electron chi connectivity index (χ1n) is 13.8. The predicted molar refractivity (Wildman–Crippen MR) is 168 cm³/mol. The van der Waals surface area contributed by atoms with E-state index in [9.17, 15) is 0 Å². The van der Waals surface area contributed by atoms with E-state index >= 15 is 0 Å². The fraction of sp³-hybridized carbons (Fsp3) is 0. The minimum atomic E-state index is 0.744. The van der Waals surface area contributed by atoms with Gasteiger partial charge in [0.1, 0.15) is 11.2 Å². The molecule has 9 rings (SSSR count). The van der Waals surface area contributed by atoms with Crippen molar-refractivity contribution in [2.24, 2.45) is 0 Å². The first-order chi connectivity index (χ1) is 20.3. The van der Waals surface area contributed by atoms with E-state index < -0.39 is 0 Å². The van der Waals surface area contributed by atoms with Crippen molar-refractivity contribution >= 4 is 33.0 Å². The predicted octanol–water partition coefficient (Wildman–Crippen LogP) is 10.2. The van der Waals surface area contributed by atoms with Gasteiger partial charge < -0.3 is 4.42 Å². The van der Waals surface area contributed by atoms with Crippen LogP contribution < -0.4 is 0 Å². The van der Waals surface area contributed by atoms with Crippen LogP contribution in [0.3, 0.4) is 0 Å². The maximum absolute atomic E-state index is 6.54. The molecule has 5 aromatic carbocycles. The molecule has 1 aliphatic rings. The van der Waals surface area contributed by atoms with Gasteiger partial charge >= 0.3 is 0 Å². The van der Waals surface area contributed by atoms with Crippen LogP contribution in [0, 0.1) is 0 Å². The summed E-state index contributed by atoms with van der Waals surface area (Å²) in [5.74, 6) is 0. The highest BCUT2D eigenvalue weighted by molar-refractivity contribution is 6.13. The lowest BCUT2D eigenvalue weighted by Crippen LogP contribution is -2.01. The van der Waals surface area contributed by atoms with Crippen LogP contribution in [0.2, 0.25) is 0 Å². The minimum absolute atomic E-state index is 0.744. The first-order valence-corrected chi connectivity index (χ1v) is 13.8. The fourth-order valence-electron chi connectivity index (χ4n) is 6.53. The highest BCUT2D eigenvalue weighted by atomic mass is 16.3. The third kappa shape index (κ3) is 3.20. The average molecular weight is 523 g/mol. The van der Waals surface area contributed by atoms with Crippen LogP contribution in [0.25, 0.3) is 88.7 Å². The van der Waals surface area contributed by atoms with Crippen LogP contribution >= 0.6 is 0 Å². The summed E-state index contributed by atoms with van der Waals surface area (Å²) in [4.78, 5) is 9.86. The number of pyridine rings is 2. The van der Waals surface area contributed by atoms with Crippen LogP contribution in [0.5, 0.6) is 0 Å². The van der Waals surface area contributed by atoms with Crippen molar-refractivity contribution in [1.82, 2.24) is 9.97 Å². The molecule has 0 bridgehead atoms. The number of benzene rings is 5. The summed E-state index contributed by atoms with van der Waals surface area (Å²) in [6.45, 7) is 0. The van der Waals surface area contributed by atoms with Crippen molar-refractivity contribution in [2.45, 2.75) is 0 Å². The highest BCUT2D eigenvalue weighted by Gasteiger charge is 2.26. The molecule has 0 N–H and O–H groups in total. The molecule has 3 nitrogen and oxygen atoms in total. The van der Waals surface area contributed by atoms with Crippen molar-refractivity contribution in [3.05, 3.63) is 134 Å². The molecule has 190 valence electrons. The Hall–Kier alpha value is -5.54. The second-order valence-electron chi connectivity index (χ2n) is 10.5. The summed E-state index contributed by atoms with van der Waals surface area (Å²) in [5.41, 5.74) is 13.7. The molecule has 0 amide bonds. The van der Waals surface area contributed by atoms with E-state index in [-0.39, 0.29) is 0 Å².